The molecule has 0 atom stereocenters. The minimum absolute atomic E-state index is 0.0796. The predicted octanol–water partition coefficient (Wildman–Crippen LogP) is 2.05. The highest BCUT2D eigenvalue weighted by Crippen LogP contribution is 2.11. The Morgan fingerprint density at radius 2 is 1.68 bits per heavy atom. The number of hydrogen-bond acceptors (Lipinski definition) is 5. The summed E-state index contributed by atoms with van der Waals surface area (Å²) in [6, 6.07) is 9.66. The molecule has 0 amide bonds. The van der Waals surface area contributed by atoms with E-state index in [1.807, 2.05) is 4.83 Å². The van der Waals surface area contributed by atoms with E-state index in [0.29, 0.717) is 5.56 Å². The van der Waals surface area contributed by atoms with E-state index in [1.54, 1.807) is 0 Å². The van der Waals surface area contributed by atoms with Crippen LogP contribution in [0.4, 0.5) is 10.1 Å². The summed E-state index contributed by atoms with van der Waals surface area (Å²) in [5.74, 6) is -0.548. The summed E-state index contributed by atoms with van der Waals surface area (Å²) in [5, 5.41) is 14.1. The number of non-ortho nitro benzene ring substituents is 1. The van der Waals surface area contributed by atoms with E-state index in [-0.39, 0.29) is 10.6 Å². The molecular formula is C13H10FN3O4S. The first-order valence-corrected chi connectivity index (χ1v) is 7.42. The Balaban J connectivity index is 2.08. The van der Waals surface area contributed by atoms with E-state index in [4.69, 9.17) is 0 Å². The first-order valence-electron chi connectivity index (χ1n) is 5.93. The zero-order valence-electron chi connectivity index (χ0n) is 11.0. The summed E-state index contributed by atoms with van der Waals surface area (Å²) in [5.41, 5.74) is 0.399. The minimum Gasteiger partial charge on any atom is -0.258 e. The van der Waals surface area contributed by atoms with Crippen molar-refractivity contribution in [3.63, 3.8) is 0 Å². The Bertz CT molecular complexity index is 802. The zero-order chi connectivity index (χ0) is 16.2. The first-order chi connectivity index (χ1) is 10.4. The van der Waals surface area contributed by atoms with Crippen molar-refractivity contribution in [1.82, 2.24) is 4.83 Å². The maximum atomic E-state index is 12.7. The molecule has 0 radical (unpaired) electrons. The van der Waals surface area contributed by atoms with Crippen molar-refractivity contribution in [3.8, 4) is 0 Å². The second-order valence-electron chi connectivity index (χ2n) is 4.16. The summed E-state index contributed by atoms with van der Waals surface area (Å²) >= 11 is 0. The number of nitro benzene ring substituents is 1. The molecule has 0 bridgehead atoms. The van der Waals surface area contributed by atoms with Crippen LogP contribution in [0, 0.1) is 15.9 Å². The SMILES string of the molecule is O=[N+]([O-])c1ccc(/C=N/NS(=O)(=O)c2ccc(F)cc2)cc1. The zero-order valence-corrected chi connectivity index (χ0v) is 11.8. The van der Waals surface area contributed by atoms with Gasteiger partial charge >= 0.3 is 0 Å². The number of benzene rings is 2. The van der Waals surface area contributed by atoms with Crippen molar-refractivity contribution in [1.29, 1.82) is 0 Å². The van der Waals surface area contributed by atoms with E-state index >= 15 is 0 Å². The average Bonchev–Trinajstić information content (AvgIpc) is 2.48. The molecule has 0 saturated carbocycles. The van der Waals surface area contributed by atoms with Crippen LogP contribution < -0.4 is 4.83 Å². The van der Waals surface area contributed by atoms with Crippen molar-refractivity contribution in [3.05, 3.63) is 70.0 Å². The Labute approximate surface area is 125 Å². The van der Waals surface area contributed by atoms with Gasteiger partial charge in [-0.05, 0) is 42.0 Å². The van der Waals surface area contributed by atoms with Crippen LogP contribution in [0.3, 0.4) is 0 Å². The molecule has 0 spiro atoms. The number of rotatable bonds is 5. The number of halogens is 1. The molecule has 2 rings (SSSR count). The maximum Gasteiger partial charge on any atom is 0.276 e. The van der Waals surface area contributed by atoms with Gasteiger partial charge in [0, 0.05) is 12.1 Å². The third kappa shape index (κ3) is 3.85. The van der Waals surface area contributed by atoms with E-state index < -0.39 is 20.8 Å². The fraction of sp³-hybridized carbons (Fsp3) is 0. The average molecular weight is 323 g/mol. The maximum absolute atomic E-state index is 12.7. The van der Waals surface area contributed by atoms with Crippen molar-refractivity contribution >= 4 is 21.9 Å². The highest BCUT2D eigenvalue weighted by Gasteiger charge is 2.12. The van der Waals surface area contributed by atoms with E-state index in [1.165, 1.54) is 30.5 Å². The number of sulfonamides is 1. The minimum atomic E-state index is -3.89. The van der Waals surface area contributed by atoms with Crippen LogP contribution >= 0.6 is 0 Å². The quantitative estimate of drug-likeness (QED) is 0.517. The number of nitrogens with one attached hydrogen (secondary N) is 1. The fourth-order valence-electron chi connectivity index (χ4n) is 1.52. The van der Waals surface area contributed by atoms with Crippen LogP contribution in [0.1, 0.15) is 5.56 Å². The third-order valence-corrected chi connectivity index (χ3v) is 3.85. The number of hydrazone groups is 1. The van der Waals surface area contributed by atoms with Gasteiger partial charge in [-0.25, -0.2) is 9.22 Å². The van der Waals surface area contributed by atoms with E-state index in [2.05, 4.69) is 5.10 Å². The molecule has 2 aromatic carbocycles. The molecule has 0 unspecified atom stereocenters. The highest BCUT2D eigenvalue weighted by molar-refractivity contribution is 7.89. The fourth-order valence-corrected chi connectivity index (χ4v) is 2.31. The molecule has 1 N–H and O–H groups in total. The molecule has 2 aromatic rings. The van der Waals surface area contributed by atoms with Gasteiger partial charge in [0.2, 0.25) is 0 Å². The molecule has 0 aliphatic carbocycles. The second-order valence-corrected chi connectivity index (χ2v) is 5.82. The van der Waals surface area contributed by atoms with Crippen LogP contribution in [-0.4, -0.2) is 19.6 Å². The first kappa shape index (κ1) is 15.6. The molecule has 0 fully saturated rings. The number of nitro groups is 1. The van der Waals surface area contributed by atoms with Crippen molar-refractivity contribution < 1.29 is 17.7 Å². The normalized spacial score (nSPS) is 11.5. The van der Waals surface area contributed by atoms with Gasteiger partial charge in [-0.1, -0.05) is 0 Å². The van der Waals surface area contributed by atoms with Gasteiger partial charge in [0.15, 0.2) is 0 Å². The molecule has 0 heterocycles. The summed E-state index contributed by atoms with van der Waals surface area (Å²) < 4.78 is 36.4. The lowest BCUT2D eigenvalue weighted by atomic mass is 10.2. The Kier molecular flexibility index (Phi) is 4.47. The Morgan fingerprint density at radius 1 is 1.09 bits per heavy atom. The van der Waals surface area contributed by atoms with Gasteiger partial charge in [0.25, 0.3) is 15.7 Å². The largest absolute Gasteiger partial charge is 0.276 e. The smallest absolute Gasteiger partial charge is 0.258 e. The molecular weight excluding hydrogens is 313 g/mol. The molecule has 22 heavy (non-hydrogen) atoms. The molecule has 0 saturated heterocycles. The van der Waals surface area contributed by atoms with Crippen molar-refractivity contribution in [2.24, 2.45) is 5.10 Å². The summed E-state index contributed by atoms with van der Waals surface area (Å²) in [4.78, 5) is 11.8. The van der Waals surface area contributed by atoms with Crippen molar-refractivity contribution in [2.45, 2.75) is 4.90 Å². The second kappa shape index (κ2) is 6.31. The summed E-state index contributed by atoms with van der Waals surface area (Å²) in [7, 11) is -3.89. The molecule has 0 aromatic heterocycles. The van der Waals surface area contributed by atoms with Gasteiger partial charge in [0.05, 0.1) is 16.0 Å². The van der Waals surface area contributed by atoms with Gasteiger partial charge < -0.3 is 0 Å². The van der Waals surface area contributed by atoms with Crippen LogP contribution in [0.2, 0.25) is 0 Å². The molecule has 9 heteroatoms. The number of nitrogens with zero attached hydrogens (tertiary/aromatic N) is 2. The Morgan fingerprint density at radius 3 is 2.23 bits per heavy atom. The predicted molar refractivity (Wildman–Crippen MR) is 77.4 cm³/mol. The molecule has 114 valence electrons. The van der Waals surface area contributed by atoms with Gasteiger partial charge in [-0.2, -0.15) is 13.5 Å². The lowest BCUT2D eigenvalue weighted by Gasteiger charge is -2.02. The highest BCUT2D eigenvalue weighted by atomic mass is 32.2. The topological polar surface area (TPSA) is 102 Å². The lowest BCUT2D eigenvalue weighted by Crippen LogP contribution is -2.18. The van der Waals surface area contributed by atoms with Crippen LogP contribution in [0.15, 0.2) is 58.5 Å². The Hall–Kier alpha value is -2.81. The van der Waals surface area contributed by atoms with Crippen LogP contribution in [0.25, 0.3) is 0 Å². The monoisotopic (exact) mass is 323 g/mol. The van der Waals surface area contributed by atoms with E-state index in [9.17, 15) is 22.9 Å². The van der Waals surface area contributed by atoms with E-state index in [0.717, 1.165) is 24.3 Å². The summed E-state index contributed by atoms with van der Waals surface area (Å²) in [6.07, 6.45) is 1.20. The third-order valence-electron chi connectivity index (χ3n) is 2.61. The van der Waals surface area contributed by atoms with Gasteiger partial charge in [-0.15, -0.1) is 0 Å². The van der Waals surface area contributed by atoms with Gasteiger partial charge in [0.1, 0.15) is 5.82 Å². The van der Waals surface area contributed by atoms with Crippen LogP contribution in [-0.2, 0) is 10.0 Å². The van der Waals surface area contributed by atoms with Crippen molar-refractivity contribution in [2.75, 3.05) is 0 Å². The summed E-state index contributed by atoms with van der Waals surface area (Å²) in [6.45, 7) is 0. The lowest BCUT2D eigenvalue weighted by molar-refractivity contribution is -0.384. The van der Waals surface area contributed by atoms with Crippen LogP contribution in [0.5, 0.6) is 0 Å². The standard InChI is InChI=1S/C13H10FN3O4S/c14-11-3-7-13(8-4-11)22(20,21)16-15-9-10-1-5-12(6-2-10)17(18)19/h1-9,16H/b15-9+. The number of hydrogen-bond donors (Lipinski definition) is 1. The molecule has 0 aliphatic rings. The molecule has 7 nitrogen and oxygen atoms in total. The van der Waals surface area contributed by atoms with Gasteiger partial charge in [-0.3, -0.25) is 10.1 Å². The molecule has 0 aliphatic heterocycles.